The predicted octanol–water partition coefficient (Wildman–Crippen LogP) is 5.79. The Labute approximate surface area is 189 Å². The zero-order chi connectivity index (χ0) is 22.4. The Morgan fingerprint density at radius 3 is 2.39 bits per heavy atom. The molecule has 158 valence electrons. The molecular weight excluding hydrogens is 474 g/mol. The zero-order valence-electron chi connectivity index (χ0n) is 15.5. The molecule has 0 radical (unpaired) electrons. The number of nitrogens with zero attached hydrogens (tertiary/aromatic N) is 5. The lowest BCUT2D eigenvalue weighted by molar-refractivity contribution is -0.183. The molecule has 0 amide bonds. The average Bonchev–Trinajstić information content (AvgIpc) is 3.41. The molecule has 2 heterocycles. The van der Waals surface area contributed by atoms with Gasteiger partial charge in [-0.25, -0.2) is 9.67 Å². The van der Waals surface area contributed by atoms with Crippen molar-refractivity contribution >= 4 is 40.5 Å². The van der Waals surface area contributed by atoms with Gasteiger partial charge in [-0.1, -0.05) is 40.9 Å². The van der Waals surface area contributed by atoms with Crippen LogP contribution in [0.2, 0.25) is 15.1 Å². The van der Waals surface area contributed by atoms with Gasteiger partial charge in [0.15, 0.2) is 0 Å². The Hall–Kier alpha value is -2.60. The van der Waals surface area contributed by atoms with E-state index in [4.69, 9.17) is 34.8 Å². The number of halogens is 6. The van der Waals surface area contributed by atoms with Gasteiger partial charge in [-0.2, -0.15) is 23.5 Å². The third-order valence-corrected chi connectivity index (χ3v) is 6.40. The smallest absolute Gasteiger partial charge is 0.288 e. The lowest BCUT2D eigenvalue weighted by Gasteiger charge is -2.32. The minimum atomic E-state index is -4.63. The number of hydrogen-bond acceptors (Lipinski definition) is 4. The lowest BCUT2D eigenvalue weighted by atomic mass is 9.76. The number of aromatic nitrogens is 3. The molecule has 0 saturated carbocycles. The zero-order valence-corrected chi connectivity index (χ0v) is 17.7. The quantitative estimate of drug-likeness (QED) is 0.442. The molecule has 2 aromatic carbocycles. The van der Waals surface area contributed by atoms with Crippen molar-refractivity contribution in [3.63, 3.8) is 0 Å². The van der Waals surface area contributed by atoms with Crippen molar-refractivity contribution in [1.82, 2.24) is 14.8 Å². The maximum atomic E-state index is 14.3. The van der Waals surface area contributed by atoms with E-state index in [0.717, 1.165) is 0 Å². The normalized spacial score (nSPS) is 18.7. The standard InChI is InChI=1S/C20H11Cl3F3N5/c21-14-4-13(5-15(22)18(14)23)19(20(24,25)26)6-16(29-8-19)11-1-2-17(12(3-11)7-27)31-10-28-9-30-31/h1-5,9-10H,6,8H2. The number of nitriles is 1. The first-order valence-electron chi connectivity index (χ1n) is 8.81. The monoisotopic (exact) mass is 483 g/mol. The minimum absolute atomic E-state index is 0.00842. The highest BCUT2D eigenvalue weighted by molar-refractivity contribution is 6.48. The Balaban J connectivity index is 1.75. The van der Waals surface area contributed by atoms with Gasteiger partial charge >= 0.3 is 6.18 Å². The van der Waals surface area contributed by atoms with Crippen molar-refractivity contribution in [2.75, 3.05) is 6.54 Å². The summed E-state index contributed by atoms with van der Waals surface area (Å²) in [5, 5.41) is 13.4. The van der Waals surface area contributed by atoms with Crippen molar-refractivity contribution in [2.45, 2.75) is 18.0 Å². The molecule has 1 aliphatic heterocycles. The van der Waals surface area contributed by atoms with Crippen LogP contribution in [0.25, 0.3) is 5.69 Å². The Morgan fingerprint density at radius 2 is 1.81 bits per heavy atom. The van der Waals surface area contributed by atoms with E-state index in [0.29, 0.717) is 11.3 Å². The van der Waals surface area contributed by atoms with Crippen LogP contribution in [0.1, 0.15) is 23.1 Å². The molecule has 1 aromatic heterocycles. The van der Waals surface area contributed by atoms with E-state index < -0.39 is 24.6 Å². The fourth-order valence-electron chi connectivity index (χ4n) is 3.54. The van der Waals surface area contributed by atoms with Crippen LogP contribution in [0.4, 0.5) is 13.2 Å². The van der Waals surface area contributed by atoms with Gasteiger partial charge in [0.1, 0.15) is 24.1 Å². The van der Waals surface area contributed by atoms with Crippen molar-refractivity contribution < 1.29 is 13.2 Å². The Morgan fingerprint density at radius 1 is 1.10 bits per heavy atom. The van der Waals surface area contributed by atoms with Gasteiger partial charge in [0.25, 0.3) is 0 Å². The van der Waals surface area contributed by atoms with Gasteiger partial charge in [0.2, 0.25) is 0 Å². The number of rotatable bonds is 3. The summed E-state index contributed by atoms with van der Waals surface area (Å²) in [6, 6.07) is 9.07. The minimum Gasteiger partial charge on any atom is -0.288 e. The van der Waals surface area contributed by atoms with E-state index in [1.165, 1.54) is 35.5 Å². The molecule has 1 unspecified atom stereocenters. The van der Waals surface area contributed by atoms with Crippen LogP contribution in [-0.4, -0.2) is 33.2 Å². The fraction of sp³-hybridized carbons (Fsp3) is 0.200. The highest BCUT2D eigenvalue weighted by atomic mass is 35.5. The Kier molecular flexibility index (Phi) is 5.46. The molecule has 31 heavy (non-hydrogen) atoms. The number of alkyl halides is 3. The predicted molar refractivity (Wildman–Crippen MR) is 111 cm³/mol. The van der Waals surface area contributed by atoms with Gasteiger partial charge in [-0.3, -0.25) is 4.99 Å². The lowest BCUT2D eigenvalue weighted by Crippen LogP contribution is -2.43. The van der Waals surface area contributed by atoms with Crippen molar-refractivity contribution in [1.29, 1.82) is 5.26 Å². The molecule has 0 saturated heterocycles. The van der Waals surface area contributed by atoms with Gasteiger partial charge in [-0.15, -0.1) is 0 Å². The van der Waals surface area contributed by atoms with E-state index in [1.54, 1.807) is 12.1 Å². The summed E-state index contributed by atoms with van der Waals surface area (Å²) in [7, 11) is 0. The third-order valence-electron chi connectivity index (χ3n) is 5.20. The first kappa shape index (κ1) is 21.6. The molecule has 1 atom stereocenters. The largest absolute Gasteiger partial charge is 0.400 e. The molecule has 0 fully saturated rings. The maximum Gasteiger partial charge on any atom is 0.400 e. The van der Waals surface area contributed by atoms with E-state index in [2.05, 4.69) is 15.1 Å². The maximum absolute atomic E-state index is 14.3. The number of aliphatic imine (C=N–C) groups is 1. The fourth-order valence-corrected chi connectivity index (χ4v) is 4.13. The second kappa shape index (κ2) is 7.83. The topological polar surface area (TPSA) is 66.9 Å². The van der Waals surface area contributed by atoms with Gasteiger partial charge < -0.3 is 0 Å². The van der Waals surface area contributed by atoms with Gasteiger partial charge in [-0.05, 0) is 35.4 Å². The third kappa shape index (κ3) is 3.67. The second-order valence-electron chi connectivity index (χ2n) is 6.96. The van der Waals surface area contributed by atoms with E-state index in [1.807, 2.05) is 6.07 Å². The van der Waals surface area contributed by atoms with Crippen LogP contribution < -0.4 is 0 Å². The molecule has 4 rings (SSSR count). The van der Waals surface area contributed by atoms with Crippen molar-refractivity contribution in [2.24, 2.45) is 4.99 Å². The summed E-state index contributed by atoms with van der Waals surface area (Å²) in [5.41, 5.74) is -1.09. The van der Waals surface area contributed by atoms with Crippen LogP contribution in [0, 0.1) is 11.3 Å². The van der Waals surface area contributed by atoms with Crippen molar-refractivity contribution in [3.8, 4) is 11.8 Å². The summed E-state index contributed by atoms with van der Waals surface area (Å²) in [5.74, 6) is 0. The molecule has 0 bridgehead atoms. The van der Waals surface area contributed by atoms with Crippen molar-refractivity contribution in [3.05, 3.63) is 74.7 Å². The summed E-state index contributed by atoms with van der Waals surface area (Å²) < 4.78 is 44.3. The van der Waals surface area contributed by atoms with Crippen LogP contribution in [0.15, 0.2) is 48.0 Å². The summed E-state index contributed by atoms with van der Waals surface area (Å²) in [4.78, 5) is 8.02. The summed E-state index contributed by atoms with van der Waals surface area (Å²) in [6.07, 6.45) is -2.32. The Bertz CT molecular complexity index is 1210. The first-order valence-corrected chi connectivity index (χ1v) is 9.94. The number of hydrogen-bond donors (Lipinski definition) is 0. The molecular formula is C20H11Cl3F3N5. The molecule has 0 N–H and O–H groups in total. The van der Waals surface area contributed by atoms with E-state index >= 15 is 0 Å². The van der Waals surface area contributed by atoms with Crippen LogP contribution in [0.3, 0.4) is 0 Å². The molecule has 1 aliphatic rings. The molecule has 3 aromatic rings. The average molecular weight is 485 g/mol. The summed E-state index contributed by atoms with van der Waals surface area (Å²) >= 11 is 17.9. The van der Waals surface area contributed by atoms with Crippen LogP contribution in [0.5, 0.6) is 0 Å². The molecule has 0 spiro atoms. The van der Waals surface area contributed by atoms with Gasteiger partial charge in [0, 0.05) is 12.1 Å². The second-order valence-corrected chi connectivity index (χ2v) is 8.15. The molecule has 0 aliphatic carbocycles. The molecule has 5 nitrogen and oxygen atoms in total. The van der Waals surface area contributed by atoms with E-state index in [9.17, 15) is 18.4 Å². The highest BCUT2D eigenvalue weighted by Gasteiger charge is 2.58. The van der Waals surface area contributed by atoms with E-state index in [-0.39, 0.29) is 31.9 Å². The first-order chi connectivity index (χ1) is 14.7. The van der Waals surface area contributed by atoms with Crippen LogP contribution in [-0.2, 0) is 5.41 Å². The molecule has 11 heteroatoms. The summed E-state index contributed by atoms with van der Waals surface area (Å²) in [6.45, 7) is -0.535. The number of benzene rings is 2. The van der Waals surface area contributed by atoms with Gasteiger partial charge in [0.05, 0.1) is 32.9 Å². The SMILES string of the molecule is N#Cc1cc(C2=NCC(c3cc(Cl)c(Cl)c(Cl)c3)(C(F)(F)F)C2)ccc1-n1cncn1. The highest BCUT2D eigenvalue weighted by Crippen LogP contribution is 2.49. The van der Waals surface area contributed by atoms with Crippen LogP contribution >= 0.6 is 34.8 Å².